The first-order chi connectivity index (χ1) is 14.9. The van der Waals surface area contributed by atoms with E-state index in [1.54, 1.807) is 0 Å². The molecule has 3 heteroatoms. The fourth-order valence-corrected chi connectivity index (χ4v) is 3.91. The number of hydrogen-bond donors (Lipinski definition) is 0. The normalized spacial score (nSPS) is 11.7. The number of para-hydroxylation sites is 3. The molecule has 0 N–H and O–H groups in total. The van der Waals surface area contributed by atoms with Crippen LogP contribution >= 0.6 is 0 Å². The van der Waals surface area contributed by atoms with Crippen LogP contribution < -0.4 is 4.74 Å². The summed E-state index contributed by atoms with van der Waals surface area (Å²) in [5.41, 5.74) is 6.08. The molecule has 160 valence electrons. The summed E-state index contributed by atoms with van der Waals surface area (Å²) < 4.78 is 8.34. The molecule has 0 radical (unpaired) electrons. The molecule has 0 aliphatic heterocycles. The molecule has 0 saturated carbocycles. The second-order valence-electron chi connectivity index (χ2n) is 9.22. The van der Waals surface area contributed by atoms with E-state index in [0.717, 1.165) is 43.1 Å². The molecule has 0 aliphatic rings. The van der Waals surface area contributed by atoms with Crippen molar-refractivity contribution < 1.29 is 4.74 Å². The Balaban J connectivity index is 1.50. The fraction of sp³-hybridized carbons (Fsp3) is 0.321. The minimum Gasteiger partial charge on any atom is -0.493 e. The highest BCUT2D eigenvalue weighted by atomic mass is 16.5. The monoisotopic (exact) mass is 412 g/mol. The first kappa shape index (κ1) is 21.2. The molecule has 31 heavy (non-hydrogen) atoms. The highest BCUT2D eigenvalue weighted by molar-refractivity contribution is 5.80. The maximum absolute atomic E-state index is 5.98. The first-order valence-corrected chi connectivity index (χ1v) is 11.2. The van der Waals surface area contributed by atoms with E-state index in [-0.39, 0.29) is 5.41 Å². The van der Waals surface area contributed by atoms with E-state index < -0.39 is 0 Å². The van der Waals surface area contributed by atoms with Gasteiger partial charge in [-0.1, -0.05) is 75.4 Å². The quantitative estimate of drug-likeness (QED) is 0.301. The van der Waals surface area contributed by atoms with Gasteiger partial charge in [-0.15, -0.1) is 0 Å². The number of nitrogens with zero attached hydrogens (tertiary/aromatic N) is 2. The fourth-order valence-electron chi connectivity index (χ4n) is 3.91. The molecule has 0 spiro atoms. The van der Waals surface area contributed by atoms with Crippen molar-refractivity contribution in [3.8, 4) is 17.1 Å². The molecule has 1 heterocycles. The minimum absolute atomic E-state index is 0.149. The number of ether oxygens (including phenoxy) is 1. The van der Waals surface area contributed by atoms with Crippen molar-refractivity contribution in [3.05, 3.63) is 83.9 Å². The van der Waals surface area contributed by atoms with Crippen molar-refractivity contribution in [2.75, 3.05) is 6.61 Å². The maximum atomic E-state index is 5.98. The van der Waals surface area contributed by atoms with Crippen molar-refractivity contribution in [1.29, 1.82) is 0 Å². The Labute approximate surface area is 185 Å². The molecule has 4 aromatic rings. The molecule has 0 fully saturated rings. The third-order valence-electron chi connectivity index (χ3n) is 5.79. The van der Waals surface area contributed by atoms with Crippen LogP contribution in [0.1, 0.15) is 44.7 Å². The Hall–Kier alpha value is -3.07. The number of benzene rings is 3. The summed E-state index contributed by atoms with van der Waals surface area (Å²) in [6.07, 6.45) is 2.04. The summed E-state index contributed by atoms with van der Waals surface area (Å²) in [7, 11) is 0. The van der Waals surface area contributed by atoms with E-state index >= 15 is 0 Å². The topological polar surface area (TPSA) is 27.1 Å². The number of hydrogen-bond acceptors (Lipinski definition) is 2. The van der Waals surface area contributed by atoms with Gasteiger partial charge >= 0.3 is 0 Å². The summed E-state index contributed by atoms with van der Waals surface area (Å²) in [5.74, 6) is 2.02. The average Bonchev–Trinajstić information content (AvgIpc) is 3.13. The van der Waals surface area contributed by atoms with Gasteiger partial charge in [0, 0.05) is 12.1 Å². The summed E-state index contributed by atoms with van der Waals surface area (Å²) >= 11 is 0. The molecule has 0 atom stereocenters. The van der Waals surface area contributed by atoms with Crippen LogP contribution in [0, 0.1) is 6.92 Å². The predicted molar refractivity (Wildman–Crippen MR) is 130 cm³/mol. The van der Waals surface area contributed by atoms with Gasteiger partial charge in [0.15, 0.2) is 0 Å². The van der Waals surface area contributed by atoms with Crippen molar-refractivity contribution in [2.24, 2.45) is 0 Å². The molecule has 0 bridgehead atoms. The Morgan fingerprint density at radius 3 is 2.29 bits per heavy atom. The molecule has 4 rings (SSSR count). The van der Waals surface area contributed by atoms with Gasteiger partial charge in [-0.2, -0.15) is 0 Å². The summed E-state index contributed by atoms with van der Waals surface area (Å²) in [6.45, 7) is 10.5. The molecule has 0 aliphatic carbocycles. The Morgan fingerprint density at radius 2 is 1.55 bits per heavy atom. The Bertz CT molecular complexity index is 1150. The molecule has 3 nitrogen and oxygen atoms in total. The van der Waals surface area contributed by atoms with Gasteiger partial charge < -0.3 is 9.30 Å². The third-order valence-corrected chi connectivity index (χ3v) is 5.79. The zero-order chi connectivity index (χ0) is 21.8. The lowest BCUT2D eigenvalue weighted by Crippen LogP contribution is -2.10. The Morgan fingerprint density at radius 1 is 0.839 bits per heavy atom. The molecule has 0 amide bonds. The van der Waals surface area contributed by atoms with E-state index in [0.29, 0.717) is 0 Å². The van der Waals surface area contributed by atoms with E-state index in [2.05, 4.69) is 86.9 Å². The number of fused-ring (bicyclic) bond motifs is 1. The highest BCUT2D eigenvalue weighted by Gasteiger charge is 2.16. The number of aryl methyl sites for hydroxylation is 2. The lowest BCUT2D eigenvalue weighted by atomic mass is 9.87. The molecule has 0 saturated heterocycles. The highest BCUT2D eigenvalue weighted by Crippen LogP contribution is 2.28. The van der Waals surface area contributed by atoms with E-state index in [1.165, 1.54) is 22.2 Å². The summed E-state index contributed by atoms with van der Waals surface area (Å²) in [4.78, 5) is 4.96. The first-order valence-electron chi connectivity index (χ1n) is 11.2. The van der Waals surface area contributed by atoms with Gasteiger partial charge in [-0.05, 0) is 54.5 Å². The van der Waals surface area contributed by atoms with Gasteiger partial charge in [-0.25, -0.2) is 4.98 Å². The van der Waals surface area contributed by atoms with Crippen molar-refractivity contribution in [1.82, 2.24) is 9.55 Å². The Kier molecular flexibility index (Phi) is 6.13. The van der Waals surface area contributed by atoms with Crippen LogP contribution in [0.25, 0.3) is 22.4 Å². The smallest absolute Gasteiger partial charge is 0.141 e. The van der Waals surface area contributed by atoms with Gasteiger partial charge in [0.2, 0.25) is 0 Å². The lowest BCUT2D eigenvalue weighted by molar-refractivity contribution is 0.302. The third kappa shape index (κ3) is 4.82. The average molecular weight is 413 g/mol. The van der Waals surface area contributed by atoms with Gasteiger partial charge in [0.25, 0.3) is 0 Å². The largest absolute Gasteiger partial charge is 0.493 e. The van der Waals surface area contributed by atoms with Crippen molar-refractivity contribution in [2.45, 2.75) is 52.5 Å². The second kappa shape index (κ2) is 8.97. The number of rotatable bonds is 7. The zero-order valence-corrected chi connectivity index (χ0v) is 19.1. The van der Waals surface area contributed by atoms with E-state index in [4.69, 9.17) is 9.72 Å². The zero-order valence-electron chi connectivity index (χ0n) is 19.1. The second-order valence-corrected chi connectivity index (χ2v) is 9.22. The molecule has 1 aromatic heterocycles. The molecular weight excluding hydrogens is 380 g/mol. The van der Waals surface area contributed by atoms with Gasteiger partial charge in [-0.3, -0.25) is 0 Å². The van der Waals surface area contributed by atoms with Crippen molar-refractivity contribution in [3.63, 3.8) is 0 Å². The minimum atomic E-state index is 0.149. The number of imidazole rings is 1. The van der Waals surface area contributed by atoms with Crippen molar-refractivity contribution >= 4 is 11.0 Å². The lowest BCUT2D eigenvalue weighted by Gasteiger charge is -2.19. The molecular formula is C28H32N2O. The number of unbranched alkanes of at least 4 members (excludes halogenated alkanes) is 1. The number of aromatic nitrogens is 2. The SMILES string of the molecule is Cc1ccccc1OCCCCn1c(-c2ccc(C(C)(C)C)cc2)nc2ccccc21. The van der Waals surface area contributed by atoms with E-state index in [1.807, 2.05) is 18.2 Å². The van der Waals surface area contributed by atoms with Crippen LogP contribution in [0.3, 0.4) is 0 Å². The molecule has 0 unspecified atom stereocenters. The van der Waals surface area contributed by atoms with Crippen LogP contribution in [0.5, 0.6) is 5.75 Å². The summed E-state index contributed by atoms with van der Waals surface area (Å²) in [6, 6.07) is 25.5. The van der Waals surface area contributed by atoms with Crippen LogP contribution in [-0.4, -0.2) is 16.2 Å². The maximum Gasteiger partial charge on any atom is 0.141 e. The van der Waals surface area contributed by atoms with Crippen LogP contribution in [0.4, 0.5) is 0 Å². The molecule has 3 aromatic carbocycles. The van der Waals surface area contributed by atoms with Gasteiger partial charge in [0.1, 0.15) is 11.6 Å². The predicted octanol–water partition coefficient (Wildman–Crippen LogP) is 7.17. The van der Waals surface area contributed by atoms with Gasteiger partial charge in [0.05, 0.1) is 17.6 Å². The van der Waals surface area contributed by atoms with Crippen LogP contribution in [-0.2, 0) is 12.0 Å². The summed E-state index contributed by atoms with van der Waals surface area (Å²) in [5, 5.41) is 0. The standard InChI is InChI=1S/C28H32N2O/c1-21-11-5-8-14-26(21)31-20-10-9-19-30-25-13-7-6-12-24(25)29-27(30)22-15-17-23(18-16-22)28(2,3)4/h5-8,11-18H,9-10,19-20H2,1-4H3. The van der Waals surface area contributed by atoms with Crippen LogP contribution in [0.15, 0.2) is 72.8 Å². The van der Waals surface area contributed by atoms with E-state index in [9.17, 15) is 0 Å². The van der Waals surface area contributed by atoms with Crippen LogP contribution in [0.2, 0.25) is 0 Å².